The molecule has 3 heterocycles. The van der Waals surface area contributed by atoms with E-state index in [1.807, 2.05) is 30.3 Å². The van der Waals surface area contributed by atoms with E-state index in [0.29, 0.717) is 19.2 Å². The molecule has 0 bridgehead atoms. The van der Waals surface area contributed by atoms with E-state index in [-0.39, 0.29) is 36.9 Å². The molecule has 9 nitrogen and oxygen atoms in total. The van der Waals surface area contributed by atoms with Crippen molar-refractivity contribution in [3.05, 3.63) is 36.5 Å². The van der Waals surface area contributed by atoms with Gasteiger partial charge in [0.15, 0.2) is 0 Å². The van der Waals surface area contributed by atoms with E-state index < -0.39 is 0 Å². The number of hydrogen-bond donors (Lipinski definition) is 1. The number of fused-ring (bicyclic) bond motifs is 1. The zero-order chi connectivity index (χ0) is 21.1. The van der Waals surface area contributed by atoms with Crippen LogP contribution in [-0.4, -0.2) is 86.2 Å². The summed E-state index contributed by atoms with van der Waals surface area (Å²) in [6.07, 6.45) is 1.05. The lowest BCUT2D eigenvalue weighted by Gasteiger charge is -2.18. The summed E-state index contributed by atoms with van der Waals surface area (Å²) in [5, 5.41) is 3.32. The zero-order valence-electron chi connectivity index (χ0n) is 17.3. The van der Waals surface area contributed by atoms with Crippen LogP contribution < -0.4 is 10.1 Å². The normalized spacial score (nSPS) is 25.0. The average molecular weight is 414 g/mol. The molecule has 2 aliphatic rings. The number of anilines is 1. The molecule has 1 aromatic heterocycles. The van der Waals surface area contributed by atoms with Crippen molar-refractivity contribution in [2.45, 2.75) is 24.4 Å². The summed E-state index contributed by atoms with van der Waals surface area (Å²) in [5.41, 5.74) is 1.78. The molecule has 9 heteroatoms. The van der Waals surface area contributed by atoms with Crippen molar-refractivity contribution in [1.29, 1.82) is 0 Å². The van der Waals surface area contributed by atoms with Crippen LogP contribution in [0.5, 0.6) is 5.75 Å². The van der Waals surface area contributed by atoms with Gasteiger partial charge in [0.1, 0.15) is 30.7 Å². The fourth-order valence-corrected chi connectivity index (χ4v) is 3.55. The van der Waals surface area contributed by atoms with E-state index in [1.165, 1.54) is 4.90 Å². The maximum absolute atomic E-state index is 11.8. The first-order chi connectivity index (χ1) is 14.5. The van der Waals surface area contributed by atoms with Crippen LogP contribution >= 0.6 is 0 Å². The van der Waals surface area contributed by atoms with E-state index in [1.54, 1.807) is 27.4 Å². The molecular formula is C21H26N4O5. The Morgan fingerprint density at radius 2 is 1.93 bits per heavy atom. The van der Waals surface area contributed by atoms with E-state index in [4.69, 9.17) is 18.9 Å². The zero-order valence-corrected chi connectivity index (χ0v) is 17.3. The molecule has 0 radical (unpaired) electrons. The minimum Gasteiger partial charge on any atom is -0.497 e. The average Bonchev–Trinajstić information content (AvgIpc) is 3.35. The van der Waals surface area contributed by atoms with Crippen molar-refractivity contribution in [3.63, 3.8) is 0 Å². The van der Waals surface area contributed by atoms with Gasteiger partial charge in [-0.25, -0.2) is 9.97 Å². The summed E-state index contributed by atoms with van der Waals surface area (Å²) < 4.78 is 22.7. The van der Waals surface area contributed by atoms with Crippen molar-refractivity contribution in [2.24, 2.45) is 0 Å². The Labute approximate surface area is 175 Å². The van der Waals surface area contributed by atoms with Gasteiger partial charge < -0.3 is 29.2 Å². The molecule has 0 aliphatic carbocycles. The van der Waals surface area contributed by atoms with Crippen LogP contribution in [0.15, 0.2) is 36.5 Å². The van der Waals surface area contributed by atoms with E-state index >= 15 is 0 Å². The van der Waals surface area contributed by atoms with Gasteiger partial charge in [0.2, 0.25) is 11.9 Å². The Morgan fingerprint density at radius 1 is 1.17 bits per heavy atom. The largest absolute Gasteiger partial charge is 0.497 e. The lowest BCUT2D eigenvalue weighted by atomic mass is 10.1. The van der Waals surface area contributed by atoms with Gasteiger partial charge in [0.25, 0.3) is 0 Å². The van der Waals surface area contributed by atoms with Crippen LogP contribution in [0, 0.1) is 0 Å². The molecule has 2 aliphatic heterocycles. The number of aromatic nitrogens is 2. The van der Waals surface area contributed by atoms with Crippen LogP contribution in [-0.2, 0) is 19.0 Å². The second-order valence-corrected chi connectivity index (χ2v) is 7.48. The number of nitrogens with one attached hydrogen (secondary N) is 1. The van der Waals surface area contributed by atoms with Gasteiger partial charge in [0, 0.05) is 25.9 Å². The number of hydrogen-bond acceptors (Lipinski definition) is 8. The van der Waals surface area contributed by atoms with Gasteiger partial charge in [-0.2, -0.15) is 0 Å². The summed E-state index contributed by atoms with van der Waals surface area (Å²) in [6, 6.07) is 9.46. The Bertz CT molecular complexity index is 876. The maximum Gasteiger partial charge on any atom is 0.248 e. The van der Waals surface area contributed by atoms with Gasteiger partial charge in [0.05, 0.1) is 32.1 Å². The number of benzene rings is 1. The predicted molar refractivity (Wildman–Crippen MR) is 109 cm³/mol. The molecule has 0 unspecified atom stereocenters. The van der Waals surface area contributed by atoms with Crippen molar-refractivity contribution < 1.29 is 23.7 Å². The maximum atomic E-state index is 11.8. The highest BCUT2D eigenvalue weighted by atomic mass is 16.6. The minimum atomic E-state index is -0.266. The summed E-state index contributed by atoms with van der Waals surface area (Å²) in [7, 11) is 5.04. The smallest absolute Gasteiger partial charge is 0.248 e. The molecule has 30 heavy (non-hydrogen) atoms. The molecule has 2 saturated heterocycles. The third-order valence-electron chi connectivity index (χ3n) is 5.28. The molecule has 0 saturated carbocycles. The third-order valence-corrected chi connectivity index (χ3v) is 5.28. The quantitative estimate of drug-likeness (QED) is 0.722. The lowest BCUT2D eigenvalue weighted by Crippen LogP contribution is -2.38. The fourth-order valence-electron chi connectivity index (χ4n) is 3.55. The standard InChI is InChI=1S/C21H26N4O5/c1-25(2)18(26)12-28-17-11-30-19-16(10-29-20(17)19)24-21-22-9-8-15(23-21)13-4-6-14(27-3)7-5-13/h4-9,16-17,19-20H,10-12H2,1-3H3,(H,22,23,24)/t16-,17+,19+,20+/m0/s1. The van der Waals surface area contributed by atoms with Crippen LogP contribution in [0.1, 0.15) is 0 Å². The van der Waals surface area contributed by atoms with Crippen LogP contribution in [0.3, 0.4) is 0 Å². The van der Waals surface area contributed by atoms with Crippen LogP contribution in [0.4, 0.5) is 5.95 Å². The Balaban J connectivity index is 1.38. The van der Waals surface area contributed by atoms with Crippen molar-refractivity contribution >= 4 is 11.9 Å². The molecule has 4 atom stereocenters. The second-order valence-electron chi connectivity index (χ2n) is 7.48. The summed E-state index contributed by atoms with van der Waals surface area (Å²) >= 11 is 0. The van der Waals surface area contributed by atoms with Crippen LogP contribution in [0.25, 0.3) is 11.3 Å². The van der Waals surface area contributed by atoms with Gasteiger partial charge in [-0.1, -0.05) is 0 Å². The topological polar surface area (TPSA) is 95.0 Å². The fraction of sp³-hybridized carbons (Fsp3) is 0.476. The molecule has 0 spiro atoms. The molecule has 160 valence electrons. The third kappa shape index (κ3) is 4.38. The van der Waals surface area contributed by atoms with E-state index in [9.17, 15) is 4.79 Å². The van der Waals surface area contributed by atoms with E-state index in [2.05, 4.69) is 15.3 Å². The van der Waals surface area contributed by atoms with Gasteiger partial charge >= 0.3 is 0 Å². The van der Waals surface area contributed by atoms with E-state index in [0.717, 1.165) is 17.0 Å². The highest BCUT2D eigenvalue weighted by molar-refractivity contribution is 5.76. The number of carbonyl (C=O) groups is 1. The SMILES string of the molecule is COc1ccc(-c2ccnc(N[C@H]3CO[C@H]4[C@@H]3OC[C@H]4OCC(=O)N(C)C)n2)cc1. The number of rotatable bonds is 7. The lowest BCUT2D eigenvalue weighted by molar-refractivity contribution is -0.137. The summed E-state index contributed by atoms with van der Waals surface area (Å²) in [4.78, 5) is 22.2. The second kappa shape index (κ2) is 8.95. The van der Waals surface area contributed by atoms with Crippen molar-refractivity contribution in [1.82, 2.24) is 14.9 Å². The minimum absolute atomic E-state index is 0.0126. The van der Waals surface area contributed by atoms with Gasteiger partial charge in [-0.3, -0.25) is 4.79 Å². The monoisotopic (exact) mass is 414 g/mol. The highest BCUT2D eigenvalue weighted by Gasteiger charge is 2.48. The first-order valence-corrected chi connectivity index (χ1v) is 9.84. The first kappa shape index (κ1) is 20.5. The van der Waals surface area contributed by atoms with Crippen molar-refractivity contribution in [3.8, 4) is 17.0 Å². The molecule has 2 aromatic rings. The van der Waals surface area contributed by atoms with Gasteiger partial charge in [-0.05, 0) is 30.3 Å². The molecule has 4 rings (SSSR count). The number of ether oxygens (including phenoxy) is 4. The number of amides is 1. The summed E-state index contributed by atoms with van der Waals surface area (Å²) in [5.74, 6) is 1.21. The molecule has 2 fully saturated rings. The molecule has 1 amide bonds. The number of likely N-dealkylation sites (N-methyl/N-ethyl adjacent to an activating group) is 1. The number of carbonyl (C=O) groups excluding carboxylic acids is 1. The molecule has 1 N–H and O–H groups in total. The molecule has 1 aromatic carbocycles. The Hall–Kier alpha value is -2.75. The van der Waals surface area contributed by atoms with Crippen molar-refractivity contribution in [2.75, 3.05) is 46.3 Å². The number of nitrogens with zero attached hydrogens (tertiary/aromatic N) is 3. The predicted octanol–water partition coefficient (Wildman–Crippen LogP) is 1.20. The molecular weight excluding hydrogens is 388 g/mol. The van der Waals surface area contributed by atoms with Crippen LogP contribution in [0.2, 0.25) is 0 Å². The van der Waals surface area contributed by atoms with Gasteiger partial charge in [-0.15, -0.1) is 0 Å². The first-order valence-electron chi connectivity index (χ1n) is 9.84. The number of methoxy groups -OCH3 is 1. The Kier molecular flexibility index (Phi) is 6.12. The summed E-state index contributed by atoms with van der Waals surface area (Å²) in [6.45, 7) is 0.854. The Morgan fingerprint density at radius 3 is 2.67 bits per heavy atom. The highest BCUT2D eigenvalue weighted by Crippen LogP contribution is 2.30.